The van der Waals surface area contributed by atoms with Crippen LogP contribution in [0.15, 0.2) is 41.8 Å². The van der Waals surface area contributed by atoms with Crippen LogP contribution in [0.2, 0.25) is 0 Å². The predicted octanol–water partition coefficient (Wildman–Crippen LogP) is 3.44. The van der Waals surface area contributed by atoms with E-state index in [9.17, 15) is 14.7 Å². The number of nitrogens with zero attached hydrogens (tertiary/aromatic N) is 1. The first-order valence-corrected chi connectivity index (χ1v) is 8.66. The zero-order chi connectivity index (χ0) is 17.5. The van der Waals surface area contributed by atoms with Crippen LogP contribution in [0.1, 0.15) is 35.0 Å². The van der Waals surface area contributed by atoms with E-state index in [1.54, 1.807) is 12.4 Å². The summed E-state index contributed by atoms with van der Waals surface area (Å²) in [6, 6.07) is 10.2. The standard InChI is InChI=1S/C18H21NO4S/c1-3-7-14(18(22)23-12-13-8-5-4-6-9-13)19(2)17(21)16-15(20)10-11-24-16/h4-6,8-11,14,20H,3,7,12H2,1-2H3/t14-/m0/s1. The second kappa shape index (κ2) is 8.49. The molecule has 0 aliphatic heterocycles. The van der Waals surface area contributed by atoms with Gasteiger partial charge in [-0.1, -0.05) is 43.7 Å². The van der Waals surface area contributed by atoms with Crippen LogP contribution in [-0.2, 0) is 16.1 Å². The number of likely N-dealkylation sites (N-methyl/N-ethyl adjacent to an activating group) is 1. The van der Waals surface area contributed by atoms with Crippen LogP contribution in [0, 0.1) is 0 Å². The highest BCUT2D eigenvalue weighted by molar-refractivity contribution is 7.12. The Labute approximate surface area is 145 Å². The molecular weight excluding hydrogens is 326 g/mol. The summed E-state index contributed by atoms with van der Waals surface area (Å²) in [6.07, 6.45) is 1.24. The number of esters is 1. The SMILES string of the molecule is CCC[C@@H](C(=O)OCc1ccccc1)N(C)C(=O)c1sccc1O. The van der Waals surface area contributed by atoms with Crippen molar-refractivity contribution < 1.29 is 19.4 Å². The lowest BCUT2D eigenvalue weighted by atomic mass is 10.1. The van der Waals surface area contributed by atoms with Gasteiger partial charge >= 0.3 is 5.97 Å². The maximum absolute atomic E-state index is 12.5. The third-order valence-corrected chi connectivity index (χ3v) is 4.58. The van der Waals surface area contributed by atoms with Gasteiger partial charge in [0.05, 0.1) is 0 Å². The fourth-order valence-electron chi connectivity index (χ4n) is 2.33. The number of ether oxygens (including phenoxy) is 1. The minimum Gasteiger partial charge on any atom is -0.506 e. The summed E-state index contributed by atoms with van der Waals surface area (Å²) in [5.74, 6) is -0.880. The largest absolute Gasteiger partial charge is 0.506 e. The highest BCUT2D eigenvalue weighted by Crippen LogP contribution is 2.25. The smallest absolute Gasteiger partial charge is 0.329 e. The third-order valence-electron chi connectivity index (χ3n) is 3.68. The van der Waals surface area contributed by atoms with Crippen molar-refractivity contribution in [2.24, 2.45) is 0 Å². The molecule has 0 bridgehead atoms. The Balaban J connectivity index is 2.05. The molecule has 1 atom stereocenters. The summed E-state index contributed by atoms with van der Waals surface area (Å²) in [6.45, 7) is 2.12. The minimum absolute atomic E-state index is 0.0650. The van der Waals surface area contributed by atoms with E-state index in [2.05, 4.69) is 0 Å². The van der Waals surface area contributed by atoms with Crippen molar-refractivity contribution in [3.63, 3.8) is 0 Å². The lowest BCUT2D eigenvalue weighted by Gasteiger charge is -2.26. The lowest BCUT2D eigenvalue weighted by molar-refractivity contribution is -0.150. The van der Waals surface area contributed by atoms with E-state index in [0.717, 1.165) is 23.3 Å². The molecule has 0 aliphatic carbocycles. The van der Waals surface area contributed by atoms with Crippen LogP contribution in [0.3, 0.4) is 0 Å². The van der Waals surface area contributed by atoms with E-state index in [-0.39, 0.29) is 23.1 Å². The van der Waals surface area contributed by atoms with Crippen molar-refractivity contribution in [2.75, 3.05) is 7.05 Å². The third kappa shape index (κ3) is 4.35. The average molecular weight is 347 g/mol. The van der Waals surface area contributed by atoms with Gasteiger partial charge in [-0.05, 0) is 23.4 Å². The van der Waals surface area contributed by atoms with E-state index in [1.165, 1.54) is 11.0 Å². The Morgan fingerprint density at radius 3 is 2.54 bits per heavy atom. The highest BCUT2D eigenvalue weighted by atomic mass is 32.1. The number of carbonyl (C=O) groups is 2. The van der Waals surface area contributed by atoms with E-state index >= 15 is 0 Å². The molecule has 0 radical (unpaired) electrons. The van der Waals surface area contributed by atoms with E-state index < -0.39 is 12.0 Å². The first-order chi connectivity index (χ1) is 11.5. The van der Waals surface area contributed by atoms with Gasteiger partial charge in [0.2, 0.25) is 0 Å². The monoisotopic (exact) mass is 347 g/mol. The normalized spacial score (nSPS) is 11.8. The van der Waals surface area contributed by atoms with Crippen molar-refractivity contribution in [3.05, 3.63) is 52.2 Å². The van der Waals surface area contributed by atoms with Crippen molar-refractivity contribution in [2.45, 2.75) is 32.4 Å². The molecule has 0 saturated carbocycles. The molecule has 0 saturated heterocycles. The van der Waals surface area contributed by atoms with E-state index in [0.29, 0.717) is 6.42 Å². The van der Waals surface area contributed by atoms with Gasteiger partial charge in [-0.15, -0.1) is 11.3 Å². The molecule has 2 aromatic rings. The van der Waals surface area contributed by atoms with E-state index in [4.69, 9.17) is 4.74 Å². The number of hydrogen-bond donors (Lipinski definition) is 1. The Bertz CT molecular complexity index is 683. The molecule has 6 heteroatoms. The van der Waals surface area contributed by atoms with Crippen molar-refractivity contribution in [3.8, 4) is 5.75 Å². The zero-order valence-corrected chi connectivity index (χ0v) is 14.6. The quantitative estimate of drug-likeness (QED) is 0.779. The maximum atomic E-state index is 12.5. The van der Waals surface area contributed by atoms with Gasteiger partial charge in [0.25, 0.3) is 5.91 Å². The van der Waals surface area contributed by atoms with Crippen molar-refractivity contribution in [1.29, 1.82) is 0 Å². The number of benzene rings is 1. The first-order valence-electron chi connectivity index (χ1n) is 7.78. The van der Waals surface area contributed by atoms with E-state index in [1.807, 2.05) is 37.3 Å². The van der Waals surface area contributed by atoms with Gasteiger partial charge in [0.15, 0.2) is 0 Å². The zero-order valence-electron chi connectivity index (χ0n) is 13.8. The molecule has 5 nitrogen and oxygen atoms in total. The van der Waals surface area contributed by atoms with Gasteiger partial charge in [0.1, 0.15) is 23.3 Å². The molecule has 0 spiro atoms. The molecule has 0 fully saturated rings. The van der Waals surface area contributed by atoms with Crippen LogP contribution in [0.4, 0.5) is 0 Å². The van der Waals surface area contributed by atoms with Crippen molar-refractivity contribution in [1.82, 2.24) is 4.90 Å². The summed E-state index contributed by atoms with van der Waals surface area (Å²) in [5, 5.41) is 11.4. The second-order valence-electron chi connectivity index (χ2n) is 5.45. The predicted molar refractivity (Wildman–Crippen MR) is 93.0 cm³/mol. The van der Waals surface area contributed by atoms with Gasteiger partial charge < -0.3 is 14.7 Å². The number of thiophene rings is 1. The first kappa shape index (κ1) is 18.0. The second-order valence-corrected chi connectivity index (χ2v) is 6.36. The Hall–Kier alpha value is -2.34. The Kier molecular flexibility index (Phi) is 6.37. The molecule has 128 valence electrons. The molecule has 0 aliphatic rings. The molecule has 24 heavy (non-hydrogen) atoms. The Morgan fingerprint density at radius 1 is 1.25 bits per heavy atom. The molecule has 2 rings (SSSR count). The fraction of sp³-hybridized carbons (Fsp3) is 0.333. The molecule has 1 aromatic carbocycles. The summed E-state index contributed by atoms with van der Waals surface area (Å²) in [4.78, 5) is 26.5. The summed E-state index contributed by atoms with van der Waals surface area (Å²) < 4.78 is 5.37. The van der Waals surface area contributed by atoms with Crippen molar-refractivity contribution >= 4 is 23.2 Å². The van der Waals surface area contributed by atoms with Crippen LogP contribution in [0.25, 0.3) is 0 Å². The summed E-state index contributed by atoms with van der Waals surface area (Å²) in [5.41, 5.74) is 0.894. The maximum Gasteiger partial charge on any atom is 0.329 e. The Morgan fingerprint density at radius 2 is 1.96 bits per heavy atom. The fourth-order valence-corrected chi connectivity index (χ4v) is 3.10. The van der Waals surface area contributed by atoms with Crippen LogP contribution < -0.4 is 0 Å². The van der Waals surface area contributed by atoms with Gasteiger partial charge in [-0.25, -0.2) is 4.79 Å². The molecule has 1 amide bonds. The molecule has 1 N–H and O–H groups in total. The molecular formula is C18H21NO4S. The van der Waals surface area contributed by atoms with Crippen LogP contribution in [0.5, 0.6) is 5.75 Å². The number of amides is 1. The minimum atomic E-state index is -0.673. The highest BCUT2D eigenvalue weighted by Gasteiger charge is 2.29. The summed E-state index contributed by atoms with van der Waals surface area (Å²) >= 11 is 1.15. The number of rotatable bonds is 7. The average Bonchev–Trinajstić information content (AvgIpc) is 3.03. The van der Waals surface area contributed by atoms with Gasteiger partial charge in [0, 0.05) is 7.05 Å². The number of carbonyl (C=O) groups excluding carboxylic acids is 2. The molecule has 0 unspecified atom stereocenters. The topological polar surface area (TPSA) is 66.8 Å². The molecule has 1 aromatic heterocycles. The van der Waals surface area contributed by atoms with Crippen LogP contribution in [-0.4, -0.2) is 35.0 Å². The van der Waals surface area contributed by atoms with Crippen LogP contribution >= 0.6 is 11.3 Å². The lowest BCUT2D eigenvalue weighted by Crippen LogP contribution is -2.43. The molecule has 1 heterocycles. The van der Waals surface area contributed by atoms with Gasteiger partial charge in [-0.3, -0.25) is 4.79 Å². The summed E-state index contributed by atoms with van der Waals surface area (Å²) in [7, 11) is 1.56. The van der Waals surface area contributed by atoms with Gasteiger partial charge in [-0.2, -0.15) is 0 Å². The number of aromatic hydroxyl groups is 1. The number of hydrogen-bond acceptors (Lipinski definition) is 5.